The van der Waals surface area contributed by atoms with Crippen molar-refractivity contribution in [2.75, 3.05) is 13.6 Å². The lowest BCUT2D eigenvalue weighted by atomic mass is 10.2. The number of nitrogens with zero attached hydrogens (tertiary/aromatic N) is 3. The minimum absolute atomic E-state index is 0.117. The van der Waals surface area contributed by atoms with Gasteiger partial charge in [0.05, 0.1) is 29.7 Å². The number of amides is 2. The summed E-state index contributed by atoms with van der Waals surface area (Å²) in [5.74, 6) is -0.819. The Morgan fingerprint density at radius 2 is 1.95 bits per heavy atom. The summed E-state index contributed by atoms with van der Waals surface area (Å²) in [4.78, 5) is 24.5. The number of benzene rings is 1. The number of hydrogen-bond donors (Lipinski definition) is 1. The van der Waals surface area contributed by atoms with Gasteiger partial charge in [0, 0.05) is 7.05 Å². The van der Waals surface area contributed by atoms with Crippen molar-refractivity contribution in [3.05, 3.63) is 47.3 Å². The fraction of sp³-hybridized carbons (Fsp3) is 0.267. The van der Waals surface area contributed by atoms with E-state index >= 15 is 0 Å². The van der Waals surface area contributed by atoms with Gasteiger partial charge < -0.3 is 10.6 Å². The maximum Gasteiger partial charge on any atom is 0.257 e. The molecule has 0 atom stereocenters. The molecule has 1 heterocycles. The van der Waals surface area contributed by atoms with Gasteiger partial charge in [-0.2, -0.15) is 5.10 Å². The number of aryl methyl sites for hydroxylation is 1. The van der Waals surface area contributed by atoms with Crippen molar-refractivity contribution in [3.63, 3.8) is 0 Å². The van der Waals surface area contributed by atoms with Crippen LogP contribution in [0.5, 0.6) is 0 Å². The van der Waals surface area contributed by atoms with E-state index in [0.717, 1.165) is 16.9 Å². The molecular weight excluding hydrogens is 268 g/mol. The monoisotopic (exact) mass is 286 g/mol. The molecule has 0 aliphatic carbocycles. The number of carbonyl (C=O) groups is 2. The van der Waals surface area contributed by atoms with Gasteiger partial charge in [0.2, 0.25) is 5.91 Å². The second-order valence-electron chi connectivity index (χ2n) is 4.97. The number of para-hydroxylation sites is 1. The Hall–Kier alpha value is -2.63. The summed E-state index contributed by atoms with van der Waals surface area (Å²) in [5.41, 5.74) is 8.28. The lowest BCUT2D eigenvalue weighted by Crippen LogP contribution is -2.35. The lowest BCUT2D eigenvalue weighted by molar-refractivity contribution is -0.118. The van der Waals surface area contributed by atoms with Crippen LogP contribution < -0.4 is 5.73 Å². The van der Waals surface area contributed by atoms with Crippen molar-refractivity contribution >= 4 is 11.8 Å². The van der Waals surface area contributed by atoms with Crippen molar-refractivity contribution in [1.82, 2.24) is 14.7 Å². The number of likely N-dealkylation sites (N-methyl/N-ethyl adjacent to an activating group) is 1. The highest BCUT2D eigenvalue weighted by molar-refractivity contribution is 5.97. The summed E-state index contributed by atoms with van der Waals surface area (Å²) in [6.07, 6.45) is 1.52. The van der Waals surface area contributed by atoms with Gasteiger partial charge in [-0.1, -0.05) is 18.2 Å². The zero-order valence-corrected chi connectivity index (χ0v) is 12.3. The highest BCUT2D eigenvalue weighted by atomic mass is 16.2. The molecule has 0 aliphatic rings. The molecule has 1 aromatic carbocycles. The lowest BCUT2D eigenvalue weighted by Gasteiger charge is -2.15. The van der Waals surface area contributed by atoms with Crippen molar-refractivity contribution in [3.8, 4) is 5.69 Å². The fourth-order valence-corrected chi connectivity index (χ4v) is 2.17. The molecule has 0 aliphatic heterocycles. The SMILES string of the molecule is Cc1ccccc1-n1ncc(C(=O)N(C)CC(N)=O)c1C. The second kappa shape index (κ2) is 5.78. The van der Waals surface area contributed by atoms with Crippen LogP contribution in [0.2, 0.25) is 0 Å². The smallest absolute Gasteiger partial charge is 0.257 e. The molecule has 0 spiro atoms. The van der Waals surface area contributed by atoms with Gasteiger partial charge in [0.25, 0.3) is 5.91 Å². The minimum Gasteiger partial charge on any atom is -0.368 e. The van der Waals surface area contributed by atoms with E-state index in [1.54, 1.807) is 4.68 Å². The first kappa shape index (κ1) is 14.8. The van der Waals surface area contributed by atoms with Crippen LogP contribution >= 0.6 is 0 Å². The molecule has 110 valence electrons. The van der Waals surface area contributed by atoms with E-state index in [2.05, 4.69) is 5.10 Å². The molecule has 6 heteroatoms. The molecule has 0 unspecified atom stereocenters. The Bertz CT molecular complexity index is 691. The van der Waals surface area contributed by atoms with Crippen LogP contribution in [-0.2, 0) is 4.79 Å². The third kappa shape index (κ3) is 2.94. The molecule has 2 rings (SSSR count). The molecular formula is C15H18N4O2. The van der Waals surface area contributed by atoms with Crippen LogP contribution in [0, 0.1) is 13.8 Å². The Morgan fingerprint density at radius 3 is 2.57 bits per heavy atom. The first-order valence-electron chi connectivity index (χ1n) is 6.56. The topological polar surface area (TPSA) is 81.2 Å². The van der Waals surface area contributed by atoms with Gasteiger partial charge in [-0.15, -0.1) is 0 Å². The van der Waals surface area contributed by atoms with Crippen LogP contribution in [0.3, 0.4) is 0 Å². The molecule has 0 saturated heterocycles. The average Bonchev–Trinajstić information content (AvgIpc) is 2.79. The predicted molar refractivity (Wildman–Crippen MR) is 79.2 cm³/mol. The van der Waals surface area contributed by atoms with Gasteiger partial charge >= 0.3 is 0 Å². The van der Waals surface area contributed by atoms with Crippen LogP contribution in [0.4, 0.5) is 0 Å². The Kier molecular flexibility index (Phi) is 4.07. The largest absolute Gasteiger partial charge is 0.368 e. The van der Waals surface area contributed by atoms with E-state index in [0.29, 0.717) is 5.56 Å². The van der Waals surface area contributed by atoms with Gasteiger partial charge in [0.15, 0.2) is 0 Å². The summed E-state index contributed by atoms with van der Waals surface area (Å²) < 4.78 is 1.72. The Labute approximate surface area is 123 Å². The number of carbonyl (C=O) groups excluding carboxylic acids is 2. The molecule has 2 N–H and O–H groups in total. The van der Waals surface area contributed by atoms with Crippen molar-refractivity contribution < 1.29 is 9.59 Å². The number of hydrogen-bond acceptors (Lipinski definition) is 3. The highest BCUT2D eigenvalue weighted by Crippen LogP contribution is 2.18. The van der Waals surface area contributed by atoms with Crippen LogP contribution in [-0.4, -0.2) is 40.1 Å². The first-order chi connectivity index (χ1) is 9.91. The van der Waals surface area contributed by atoms with Gasteiger partial charge in [-0.25, -0.2) is 4.68 Å². The third-order valence-electron chi connectivity index (χ3n) is 3.32. The highest BCUT2D eigenvalue weighted by Gasteiger charge is 2.20. The van der Waals surface area contributed by atoms with E-state index in [9.17, 15) is 9.59 Å². The summed E-state index contributed by atoms with van der Waals surface area (Å²) in [6.45, 7) is 3.69. The van der Waals surface area contributed by atoms with Gasteiger partial charge in [-0.05, 0) is 25.5 Å². The van der Waals surface area contributed by atoms with Crippen LogP contribution in [0.1, 0.15) is 21.6 Å². The fourth-order valence-electron chi connectivity index (χ4n) is 2.17. The van der Waals surface area contributed by atoms with E-state index in [4.69, 9.17) is 5.73 Å². The number of aromatic nitrogens is 2. The zero-order chi connectivity index (χ0) is 15.6. The first-order valence-corrected chi connectivity index (χ1v) is 6.56. The normalized spacial score (nSPS) is 10.4. The average molecular weight is 286 g/mol. The van der Waals surface area contributed by atoms with Gasteiger partial charge in [0.1, 0.15) is 0 Å². The zero-order valence-electron chi connectivity index (χ0n) is 12.3. The van der Waals surface area contributed by atoms with E-state index in [-0.39, 0.29) is 12.5 Å². The van der Waals surface area contributed by atoms with E-state index < -0.39 is 5.91 Å². The number of rotatable bonds is 4. The molecule has 1 aromatic heterocycles. The Balaban J connectivity index is 2.35. The van der Waals surface area contributed by atoms with Crippen molar-refractivity contribution in [1.29, 1.82) is 0 Å². The molecule has 2 aromatic rings. The minimum atomic E-state index is -0.546. The Morgan fingerprint density at radius 1 is 1.29 bits per heavy atom. The van der Waals surface area contributed by atoms with E-state index in [1.807, 2.05) is 38.1 Å². The molecule has 0 bridgehead atoms. The molecule has 2 amide bonds. The van der Waals surface area contributed by atoms with Gasteiger partial charge in [-0.3, -0.25) is 9.59 Å². The predicted octanol–water partition coefficient (Wildman–Crippen LogP) is 1.05. The van der Waals surface area contributed by atoms with Crippen molar-refractivity contribution in [2.24, 2.45) is 5.73 Å². The summed E-state index contributed by atoms with van der Waals surface area (Å²) in [7, 11) is 1.54. The summed E-state index contributed by atoms with van der Waals surface area (Å²) in [5, 5.41) is 4.28. The summed E-state index contributed by atoms with van der Waals surface area (Å²) in [6, 6.07) is 7.79. The maximum absolute atomic E-state index is 12.3. The number of primary amides is 1. The molecule has 0 saturated carbocycles. The maximum atomic E-state index is 12.3. The quantitative estimate of drug-likeness (QED) is 0.912. The van der Waals surface area contributed by atoms with Crippen LogP contribution in [0.15, 0.2) is 30.5 Å². The standard InChI is InChI=1S/C15H18N4O2/c1-10-6-4-5-7-13(10)19-11(2)12(8-17-19)15(21)18(3)9-14(16)20/h4-8H,9H2,1-3H3,(H2,16,20). The van der Waals surface area contributed by atoms with E-state index in [1.165, 1.54) is 18.1 Å². The molecule has 0 fully saturated rings. The second-order valence-corrected chi connectivity index (χ2v) is 4.97. The number of nitrogens with two attached hydrogens (primary N) is 1. The molecule has 0 radical (unpaired) electrons. The van der Waals surface area contributed by atoms with Crippen LogP contribution in [0.25, 0.3) is 5.69 Å². The molecule has 6 nitrogen and oxygen atoms in total. The van der Waals surface area contributed by atoms with Crippen molar-refractivity contribution in [2.45, 2.75) is 13.8 Å². The molecule has 21 heavy (non-hydrogen) atoms. The third-order valence-corrected chi connectivity index (χ3v) is 3.32. The summed E-state index contributed by atoms with van der Waals surface area (Å²) >= 11 is 0.